The van der Waals surface area contributed by atoms with Crippen molar-refractivity contribution in [2.75, 3.05) is 5.75 Å². The molecule has 0 bridgehead atoms. The summed E-state index contributed by atoms with van der Waals surface area (Å²) in [6.45, 7) is 0.369. The van der Waals surface area contributed by atoms with Gasteiger partial charge in [-0.1, -0.05) is 90.6 Å². The van der Waals surface area contributed by atoms with E-state index in [0.29, 0.717) is 19.4 Å². The molecular formula is C37H37N3O6S2. The SMILES string of the molecule is O=C(CCCC(=O)NCc1cccc(-c2ccc([C@@H]3O[C@H](CSc4nc5ccccc5s4)C[C@H](c4ccc(CO)cc4)O3)cc2)c1)NO. The number of aliphatic hydroxyl groups is 1. The smallest absolute Gasteiger partial charge is 0.243 e. The van der Waals surface area contributed by atoms with Crippen molar-refractivity contribution in [3.8, 4) is 11.1 Å². The number of hydroxylamine groups is 1. The molecule has 48 heavy (non-hydrogen) atoms. The van der Waals surface area contributed by atoms with Crippen LogP contribution in [0.4, 0.5) is 0 Å². The number of carbonyl (C=O) groups excluding carboxylic acids is 2. The van der Waals surface area contributed by atoms with Gasteiger partial charge < -0.3 is 19.9 Å². The van der Waals surface area contributed by atoms with Crippen LogP contribution in [0.3, 0.4) is 0 Å². The van der Waals surface area contributed by atoms with Crippen LogP contribution >= 0.6 is 23.1 Å². The van der Waals surface area contributed by atoms with E-state index in [1.165, 1.54) is 4.70 Å². The maximum Gasteiger partial charge on any atom is 0.243 e. The van der Waals surface area contributed by atoms with Gasteiger partial charge in [0.2, 0.25) is 11.8 Å². The van der Waals surface area contributed by atoms with E-state index in [0.717, 1.165) is 49.0 Å². The molecule has 0 saturated carbocycles. The van der Waals surface area contributed by atoms with Gasteiger partial charge in [-0.3, -0.25) is 14.8 Å². The van der Waals surface area contributed by atoms with E-state index in [4.69, 9.17) is 19.7 Å². The van der Waals surface area contributed by atoms with Crippen LogP contribution in [0.1, 0.15) is 60.3 Å². The number of aromatic nitrogens is 1. The Bertz CT molecular complexity index is 1800. The average Bonchev–Trinajstić information content (AvgIpc) is 3.56. The van der Waals surface area contributed by atoms with Crippen LogP contribution < -0.4 is 10.8 Å². The van der Waals surface area contributed by atoms with Gasteiger partial charge in [0.15, 0.2) is 10.6 Å². The molecule has 11 heteroatoms. The number of thiazole rings is 1. The van der Waals surface area contributed by atoms with Gasteiger partial charge >= 0.3 is 0 Å². The van der Waals surface area contributed by atoms with E-state index in [1.54, 1.807) is 28.6 Å². The highest BCUT2D eigenvalue weighted by Crippen LogP contribution is 2.40. The number of fused-ring (bicyclic) bond motifs is 1. The van der Waals surface area contributed by atoms with Crippen LogP contribution in [0.25, 0.3) is 21.3 Å². The first-order valence-corrected chi connectivity index (χ1v) is 17.7. The number of ether oxygens (including phenoxy) is 2. The summed E-state index contributed by atoms with van der Waals surface area (Å²) >= 11 is 3.40. The van der Waals surface area contributed by atoms with E-state index in [2.05, 4.69) is 23.5 Å². The van der Waals surface area contributed by atoms with Gasteiger partial charge in [-0.25, -0.2) is 10.5 Å². The molecule has 0 radical (unpaired) electrons. The molecule has 1 aromatic heterocycles. The summed E-state index contributed by atoms with van der Waals surface area (Å²) in [5, 5.41) is 21.0. The van der Waals surface area contributed by atoms with Crippen LogP contribution in [-0.4, -0.2) is 39.0 Å². The fourth-order valence-corrected chi connectivity index (χ4v) is 7.66. The van der Waals surface area contributed by atoms with Crippen molar-refractivity contribution >= 4 is 45.1 Å². The molecule has 5 aromatic rings. The lowest BCUT2D eigenvalue weighted by atomic mass is 9.99. The third kappa shape index (κ3) is 8.87. The first-order chi connectivity index (χ1) is 23.5. The van der Waals surface area contributed by atoms with E-state index < -0.39 is 12.2 Å². The Morgan fingerprint density at radius 3 is 2.40 bits per heavy atom. The number of benzene rings is 4. The van der Waals surface area contributed by atoms with Gasteiger partial charge in [0.25, 0.3) is 0 Å². The Balaban J connectivity index is 1.12. The molecule has 6 rings (SSSR count). The molecule has 4 aromatic carbocycles. The van der Waals surface area contributed by atoms with Crippen molar-refractivity contribution in [3.05, 3.63) is 119 Å². The lowest BCUT2D eigenvalue weighted by molar-refractivity contribution is -0.245. The number of hydrogen-bond donors (Lipinski definition) is 4. The highest BCUT2D eigenvalue weighted by molar-refractivity contribution is 8.01. The van der Waals surface area contributed by atoms with Crippen molar-refractivity contribution in [2.24, 2.45) is 0 Å². The van der Waals surface area contributed by atoms with E-state index >= 15 is 0 Å². The number of amides is 2. The predicted molar refractivity (Wildman–Crippen MR) is 186 cm³/mol. The summed E-state index contributed by atoms with van der Waals surface area (Å²) in [6.07, 6.45) is 0.564. The molecule has 0 aliphatic carbocycles. The Labute approximate surface area is 287 Å². The highest BCUT2D eigenvalue weighted by atomic mass is 32.2. The van der Waals surface area contributed by atoms with Gasteiger partial charge in [0.1, 0.15) is 0 Å². The topological polar surface area (TPSA) is 130 Å². The van der Waals surface area contributed by atoms with E-state index in [1.807, 2.05) is 78.9 Å². The number of para-hydroxylation sites is 1. The molecule has 0 spiro atoms. The number of nitrogens with zero attached hydrogens (tertiary/aromatic N) is 1. The molecule has 1 saturated heterocycles. The maximum absolute atomic E-state index is 12.2. The molecule has 3 atom stereocenters. The zero-order valence-corrected chi connectivity index (χ0v) is 27.8. The normalized spacial score (nSPS) is 17.7. The van der Waals surface area contributed by atoms with E-state index in [-0.39, 0.29) is 37.6 Å². The molecule has 248 valence electrons. The van der Waals surface area contributed by atoms with Gasteiger partial charge in [0.05, 0.1) is 29.0 Å². The zero-order valence-electron chi connectivity index (χ0n) is 26.2. The molecule has 2 amide bonds. The Morgan fingerprint density at radius 1 is 0.854 bits per heavy atom. The second-order valence-corrected chi connectivity index (χ2v) is 13.9. The second-order valence-electron chi connectivity index (χ2n) is 11.6. The molecule has 1 aliphatic rings. The van der Waals surface area contributed by atoms with Gasteiger partial charge in [-0.05, 0) is 52.4 Å². The van der Waals surface area contributed by atoms with Crippen molar-refractivity contribution in [1.82, 2.24) is 15.8 Å². The molecule has 2 heterocycles. The fourth-order valence-electron chi connectivity index (χ4n) is 5.55. The maximum atomic E-state index is 12.2. The molecule has 1 fully saturated rings. The fraction of sp³-hybridized carbons (Fsp3) is 0.270. The van der Waals surface area contributed by atoms with Gasteiger partial charge in [-0.2, -0.15) is 0 Å². The molecule has 0 unspecified atom stereocenters. The Kier molecular flexibility index (Phi) is 11.5. The average molecular weight is 684 g/mol. The largest absolute Gasteiger partial charge is 0.392 e. The quantitative estimate of drug-likeness (QED) is 0.0589. The monoisotopic (exact) mass is 683 g/mol. The standard InChI is InChI=1S/C37H37N3O6S2/c41-22-24-11-13-27(14-12-24)32-20-30(23-47-37-39-31-7-1-2-8-33(31)48-37)45-36(46-32)28-17-15-26(16-18-28)29-6-3-5-25(19-29)21-38-34(42)9-4-10-35(43)40-44/h1-3,5-8,11-19,30,32,36,41,44H,4,9-10,20-23H2,(H,38,42)(H,40,43)/t30-,32+,36+/m0/s1. The minimum atomic E-state index is -0.554. The minimum Gasteiger partial charge on any atom is -0.392 e. The summed E-state index contributed by atoms with van der Waals surface area (Å²) in [5.74, 6) is 0.0860. The Morgan fingerprint density at radius 2 is 1.62 bits per heavy atom. The highest BCUT2D eigenvalue weighted by Gasteiger charge is 2.32. The number of carbonyl (C=O) groups is 2. The van der Waals surface area contributed by atoms with Crippen LogP contribution in [0.15, 0.2) is 101 Å². The zero-order chi connectivity index (χ0) is 33.3. The molecule has 4 N–H and O–H groups in total. The molecule has 9 nitrogen and oxygen atoms in total. The van der Waals surface area contributed by atoms with Crippen molar-refractivity contribution < 1.29 is 29.4 Å². The van der Waals surface area contributed by atoms with Gasteiger partial charge in [0, 0.05) is 37.1 Å². The number of thioether (sulfide) groups is 1. The van der Waals surface area contributed by atoms with Gasteiger partial charge in [-0.15, -0.1) is 11.3 Å². The lowest BCUT2D eigenvalue weighted by Crippen LogP contribution is -2.31. The van der Waals surface area contributed by atoms with Crippen LogP contribution in [0.5, 0.6) is 0 Å². The van der Waals surface area contributed by atoms with Crippen LogP contribution in [0.2, 0.25) is 0 Å². The van der Waals surface area contributed by atoms with Crippen LogP contribution in [-0.2, 0) is 32.2 Å². The first-order valence-electron chi connectivity index (χ1n) is 15.9. The van der Waals surface area contributed by atoms with Crippen molar-refractivity contribution in [2.45, 2.75) is 61.7 Å². The number of nitrogens with one attached hydrogen (secondary N) is 2. The first kappa shape index (κ1) is 33.8. The third-order valence-corrected chi connectivity index (χ3v) is 10.5. The third-order valence-electron chi connectivity index (χ3n) is 8.15. The number of aliphatic hydroxyl groups excluding tert-OH is 1. The lowest BCUT2D eigenvalue weighted by Gasteiger charge is -2.36. The van der Waals surface area contributed by atoms with Crippen LogP contribution in [0, 0.1) is 0 Å². The molecular weight excluding hydrogens is 647 g/mol. The summed E-state index contributed by atoms with van der Waals surface area (Å²) in [4.78, 5) is 28.1. The number of rotatable bonds is 13. The van der Waals surface area contributed by atoms with E-state index in [9.17, 15) is 14.7 Å². The predicted octanol–water partition coefficient (Wildman–Crippen LogP) is 7.09. The number of hydrogen-bond acceptors (Lipinski definition) is 9. The summed E-state index contributed by atoms with van der Waals surface area (Å²) < 4.78 is 15.3. The Hall–Kier alpha value is -4.10. The summed E-state index contributed by atoms with van der Waals surface area (Å²) in [5.41, 5.74) is 8.41. The molecule has 1 aliphatic heterocycles. The summed E-state index contributed by atoms with van der Waals surface area (Å²) in [7, 11) is 0. The second kappa shape index (κ2) is 16.3. The minimum absolute atomic E-state index is 0.00371. The summed E-state index contributed by atoms with van der Waals surface area (Å²) in [6, 6.07) is 32.2. The van der Waals surface area contributed by atoms with Crippen molar-refractivity contribution in [3.63, 3.8) is 0 Å². The van der Waals surface area contributed by atoms with Crippen molar-refractivity contribution in [1.29, 1.82) is 0 Å².